The van der Waals surface area contributed by atoms with Gasteiger partial charge in [-0.25, -0.2) is 0 Å². The minimum absolute atomic E-state index is 0.00777. The molecular formula is C25H33ClN2O5. The predicted molar refractivity (Wildman–Crippen MR) is 127 cm³/mol. The summed E-state index contributed by atoms with van der Waals surface area (Å²) in [6.45, 7) is 6.14. The number of aliphatic hydroxyl groups excluding tert-OH is 1. The first-order valence-corrected chi connectivity index (χ1v) is 12.1. The highest BCUT2D eigenvalue weighted by atomic mass is 35.5. The lowest BCUT2D eigenvalue weighted by atomic mass is 9.69. The zero-order chi connectivity index (χ0) is 24.1. The molecule has 5 atom stereocenters. The highest BCUT2D eigenvalue weighted by Crippen LogP contribution is 2.45. The van der Waals surface area contributed by atoms with Crippen LogP contribution in [0, 0.1) is 30.6 Å². The molecule has 1 aromatic carbocycles. The van der Waals surface area contributed by atoms with Crippen molar-refractivity contribution in [2.24, 2.45) is 23.7 Å². The largest absolute Gasteiger partial charge is 0.466 e. The SMILES string of the molecule is CCOC(=O)[C@H]1[C@H]2C(=O)N(CCCCO)[C@H](C(=O)Nc3c(C)cccc3Cl)[C@H]2C=C[C@H]1CC. The van der Waals surface area contributed by atoms with Crippen LogP contribution >= 0.6 is 11.6 Å². The van der Waals surface area contributed by atoms with Gasteiger partial charge >= 0.3 is 5.97 Å². The number of likely N-dealkylation sites (tertiary alicyclic amines) is 1. The fourth-order valence-electron chi connectivity index (χ4n) is 5.07. The highest BCUT2D eigenvalue weighted by Gasteiger charge is 2.57. The topological polar surface area (TPSA) is 95.9 Å². The molecule has 1 saturated heterocycles. The molecule has 0 unspecified atom stereocenters. The molecule has 1 fully saturated rings. The van der Waals surface area contributed by atoms with E-state index in [4.69, 9.17) is 16.3 Å². The zero-order valence-corrected chi connectivity index (χ0v) is 20.2. The molecule has 2 aliphatic rings. The van der Waals surface area contributed by atoms with Crippen LogP contribution in [-0.2, 0) is 19.1 Å². The molecule has 8 heteroatoms. The van der Waals surface area contributed by atoms with E-state index >= 15 is 0 Å². The number of fused-ring (bicyclic) bond motifs is 1. The maximum Gasteiger partial charge on any atom is 0.310 e. The lowest BCUT2D eigenvalue weighted by Gasteiger charge is -2.33. The molecule has 0 spiro atoms. The number of benzene rings is 1. The van der Waals surface area contributed by atoms with Gasteiger partial charge in [-0.1, -0.05) is 42.8 Å². The fraction of sp³-hybridized carbons (Fsp3) is 0.560. The van der Waals surface area contributed by atoms with Gasteiger partial charge in [-0.2, -0.15) is 0 Å². The van der Waals surface area contributed by atoms with Crippen molar-refractivity contribution in [1.82, 2.24) is 4.90 Å². The Bertz CT molecular complexity index is 898. The molecule has 3 rings (SSSR count). The van der Waals surface area contributed by atoms with Gasteiger partial charge in [0.25, 0.3) is 0 Å². The van der Waals surface area contributed by atoms with E-state index in [-0.39, 0.29) is 30.9 Å². The van der Waals surface area contributed by atoms with Gasteiger partial charge in [-0.3, -0.25) is 14.4 Å². The summed E-state index contributed by atoms with van der Waals surface area (Å²) in [4.78, 5) is 41.7. The quantitative estimate of drug-likeness (QED) is 0.322. The van der Waals surface area contributed by atoms with Gasteiger partial charge in [-0.15, -0.1) is 0 Å². The second kappa shape index (κ2) is 11.2. The number of carbonyl (C=O) groups excluding carboxylic acids is 3. The normalized spacial score (nSPS) is 26.3. The van der Waals surface area contributed by atoms with Crippen LogP contribution in [0.5, 0.6) is 0 Å². The smallest absolute Gasteiger partial charge is 0.310 e. The van der Waals surface area contributed by atoms with E-state index in [1.807, 2.05) is 38.1 Å². The van der Waals surface area contributed by atoms with Crippen LogP contribution < -0.4 is 5.32 Å². The lowest BCUT2D eigenvalue weighted by Crippen LogP contribution is -2.45. The number of anilines is 1. The van der Waals surface area contributed by atoms with Gasteiger partial charge in [0.15, 0.2) is 0 Å². The number of hydrogen-bond donors (Lipinski definition) is 2. The Morgan fingerprint density at radius 1 is 1.21 bits per heavy atom. The Kier molecular flexibility index (Phi) is 8.54. The van der Waals surface area contributed by atoms with Crippen LogP contribution in [0.2, 0.25) is 5.02 Å². The summed E-state index contributed by atoms with van der Waals surface area (Å²) in [6.07, 6.45) is 5.64. The summed E-state index contributed by atoms with van der Waals surface area (Å²) < 4.78 is 5.33. The fourth-order valence-corrected chi connectivity index (χ4v) is 5.34. The van der Waals surface area contributed by atoms with E-state index in [9.17, 15) is 19.5 Å². The molecule has 0 saturated carbocycles. The maximum atomic E-state index is 13.6. The minimum atomic E-state index is -0.775. The van der Waals surface area contributed by atoms with Gasteiger partial charge in [0, 0.05) is 19.1 Å². The van der Waals surface area contributed by atoms with Crippen molar-refractivity contribution < 1.29 is 24.2 Å². The maximum absolute atomic E-state index is 13.6. The van der Waals surface area contributed by atoms with Crippen LogP contribution in [-0.4, -0.2) is 53.6 Å². The molecule has 33 heavy (non-hydrogen) atoms. The van der Waals surface area contributed by atoms with Crippen LogP contribution in [0.1, 0.15) is 38.7 Å². The van der Waals surface area contributed by atoms with Crippen molar-refractivity contribution in [2.75, 3.05) is 25.1 Å². The first-order valence-electron chi connectivity index (χ1n) is 11.7. The summed E-state index contributed by atoms with van der Waals surface area (Å²) in [5.74, 6) is -2.80. The van der Waals surface area contributed by atoms with E-state index in [1.54, 1.807) is 17.9 Å². The Morgan fingerprint density at radius 2 is 1.97 bits per heavy atom. The van der Waals surface area contributed by atoms with Crippen LogP contribution in [0.15, 0.2) is 30.4 Å². The summed E-state index contributed by atoms with van der Waals surface area (Å²) in [6, 6.07) is 4.59. The van der Waals surface area contributed by atoms with E-state index < -0.39 is 29.8 Å². The number of rotatable bonds is 9. The van der Waals surface area contributed by atoms with E-state index in [1.165, 1.54) is 0 Å². The van der Waals surface area contributed by atoms with Crippen molar-refractivity contribution in [3.63, 3.8) is 0 Å². The molecule has 2 N–H and O–H groups in total. The number of halogens is 1. The lowest BCUT2D eigenvalue weighted by molar-refractivity contribution is -0.155. The molecule has 0 aromatic heterocycles. The van der Waals surface area contributed by atoms with Crippen LogP contribution in [0.3, 0.4) is 0 Å². The second-order valence-corrected chi connectivity index (χ2v) is 9.07. The van der Waals surface area contributed by atoms with E-state index in [0.717, 1.165) is 5.56 Å². The van der Waals surface area contributed by atoms with Crippen molar-refractivity contribution >= 4 is 35.1 Å². The molecule has 1 heterocycles. The summed E-state index contributed by atoms with van der Waals surface area (Å²) in [5, 5.41) is 12.6. The van der Waals surface area contributed by atoms with Crippen LogP contribution in [0.4, 0.5) is 5.69 Å². The van der Waals surface area contributed by atoms with Crippen molar-refractivity contribution in [1.29, 1.82) is 0 Å². The Hall–Kier alpha value is -2.38. The van der Waals surface area contributed by atoms with E-state index in [2.05, 4.69) is 5.32 Å². The number of hydrogen-bond acceptors (Lipinski definition) is 5. The number of allylic oxidation sites excluding steroid dienone is 1. The molecule has 1 aliphatic heterocycles. The first kappa shape index (κ1) is 25.2. The Labute approximate surface area is 200 Å². The molecule has 1 aliphatic carbocycles. The molecule has 0 radical (unpaired) electrons. The number of carbonyl (C=O) groups is 3. The van der Waals surface area contributed by atoms with Crippen molar-refractivity contribution in [2.45, 2.75) is 46.1 Å². The molecule has 1 aromatic rings. The third-order valence-corrected chi connectivity index (χ3v) is 7.00. The van der Waals surface area contributed by atoms with Gasteiger partial charge in [0.05, 0.1) is 29.2 Å². The van der Waals surface area contributed by atoms with Gasteiger partial charge in [0.1, 0.15) is 6.04 Å². The number of nitrogens with one attached hydrogen (secondary N) is 1. The highest BCUT2D eigenvalue weighted by molar-refractivity contribution is 6.34. The first-order chi connectivity index (χ1) is 15.8. The number of para-hydroxylation sites is 1. The number of ether oxygens (including phenoxy) is 1. The monoisotopic (exact) mass is 476 g/mol. The summed E-state index contributed by atoms with van der Waals surface area (Å²) >= 11 is 6.32. The molecule has 7 nitrogen and oxygen atoms in total. The Morgan fingerprint density at radius 3 is 2.61 bits per heavy atom. The standard InChI is InChI=1S/C25H33ClN2O5/c1-4-16-11-12-17-20(19(16)25(32)33-5-2)24(31)28(13-6-7-14-29)22(17)23(30)27-21-15(3)9-8-10-18(21)26/h8-12,16-17,19-20,22,29H,4-7,13-14H2,1-3H3,(H,27,30)/t16-,17+,19-,20+,22+/m1/s1. The van der Waals surface area contributed by atoms with Gasteiger partial charge in [0.2, 0.25) is 11.8 Å². The van der Waals surface area contributed by atoms with Crippen LogP contribution in [0.25, 0.3) is 0 Å². The molecule has 2 amide bonds. The average Bonchev–Trinajstić information content (AvgIpc) is 3.07. The third-order valence-electron chi connectivity index (χ3n) is 6.69. The number of aryl methyl sites for hydroxylation is 1. The average molecular weight is 477 g/mol. The molecular weight excluding hydrogens is 444 g/mol. The number of esters is 1. The molecule has 180 valence electrons. The second-order valence-electron chi connectivity index (χ2n) is 8.67. The third kappa shape index (κ3) is 5.09. The predicted octanol–water partition coefficient (Wildman–Crippen LogP) is 3.58. The summed E-state index contributed by atoms with van der Waals surface area (Å²) in [7, 11) is 0. The number of unbranched alkanes of at least 4 members (excludes halogenated alkanes) is 1. The number of nitrogens with zero attached hydrogens (tertiary/aromatic N) is 1. The van der Waals surface area contributed by atoms with Gasteiger partial charge in [-0.05, 0) is 50.7 Å². The van der Waals surface area contributed by atoms with Crippen molar-refractivity contribution in [3.05, 3.63) is 40.9 Å². The van der Waals surface area contributed by atoms with Gasteiger partial charge < -0.3 is 20.1 Å². The number of amides is 2. The van der Waals surface area contributed by atoms with Crippen molar-refractivity contribution in [3.8, 4) is 0 Å². The minimum Gasteiger partial charge on any atom is -0.466 e. The summed E-state index contributed by atoms with van der Waals surface area (Å²) in [5.41, 5.74) is 1.33. The molecule has 0 bridgehead atoms. The number of aliphatic hydroxyl groups is 1. The Balaban J connectivity index is 1.98. The van der Waals surface area contributed by atoms with E-state index in [0.29, 0.717) is 36.5 Å². The zero-order valence-electron chi connectivity index (χ0n) is 19.4.